The van der Waals surface area contributed by atoms with E-state index in [1.807, 2.05) is 6.07 Å². The summed E-state index contributed by atoms with van der Waals surface area (Å²) in [5.41, 5.74) is 10.8. The van der Waals surface area contributed by atoms with Crippen LogP contribution in [0, 0.1) is 5.92 Å². The van der Waals surface area contributed by atoms with Gasteiger partial charge in [0, 0.05) is 45.5 Å². The fraction of sp³-hybridized carbons (Fsp3) is 0.684. The number of carbonyl (C=O) groups is 1. The summed E-state index contributed by atoms with van der Waals surface area (Å²) in [7, 11) is 0. The number of rotatable bonds is 3. The van der Waals surface area contributed by atoms with E-state index in [1.165, 1.54) is 0 Å². The van der Waals surface area contributed by atoms with Gasteiger partial charge in [-0.3, -0.25) is 20.0 Å². The highest BCUT2D eigenvalue weighted by Crippen LogP contribution is 2.30. The van der Waals surface area contributed by atoms with Crippen LogP contribution in [0.25, 0.3) is 0 Å². The molecule has 5 heterocycles. The number of hydrogen-bond donors (Lipinski definition) is 4. The van der Waals surface area contributed by atoms with Crippen LogP contribution < -0.4 is 26.7 Å². The van der Waals surface area contributed by atoms with Crippen molar-refractivity contribution in [3.8, 4) is 0 Å². The summed E-state index contributed by atoms with van der Waals surface area (Å²) in [5.74, 6) is -0.754. The van der Waals surface area contributed by atoms with Gasteiger partial charge in [0.15, 0.2) is 0 Å². The number of hydrazine groups is 1. The summed E-state index contributed by atoms with van der Waals surface area (Å²) in [4.78, 5) is 22.1. The van der Waals surface area contributed by atoms with Gasteiger partial charge in [0.05, 0.1) is 55.1 Å². The first-order chi connectivity index (χ1) is 14.6. The summed E-state index contributed by atoms with van der Waals surface area (Å²) in [6.45, 7) is 5.59. The number of fused-ring (bicyclic) bond motifs is 2. The Hall–Kier alpha value is -1.89. The van der Waals surface area contributed by atoms with Crippen LogP contribution in [0.2, 0.25) is 0 Å². The first kappa shape index (κ1) is 20.0. The molecule has 1 aromatic heterocycles. The molecular formula is C19H29FN8O2. The molecule has 5 rings (SSSR count). The average Bonchev–Trinajstić information content (AvgIpc) is 3.08. The number of anilines is 2. The Morgan fingerprint density at radius 1 is 1.33 bits per heavy atom. The van der Waals surface area contributed by atoms with Crippen molar-refractivity contribution in [3.63, 3.8) is 0 Å². The predicted molar refractivity (Wildman–Crippen MR) is 109 cm³/mol. The maximum atomic E-state index is 13.7. The van der Waals surface area contributed by atoms with E-state index in [9.17, 15) is 9.18 Å². The minimum absolute atomic E-state index is 0.207. The molecule has 0 spiro atoms. The van der Waals surface area contributed by atoms with Crippen molar-refractivity contribution in [2.24, 2.45) is 11.7 Å². The molecule has 4 aliphatic heterocycles. The molecule has 5 N–H and O–H groups in total. The highest BCUT2D eigenvalue weighted by atomic mass is 19.1. The number of ether oxygens (including phenoxy) is 1. The lowest BCUT2D eigenvalue weighted by atomic mass is 10.0. The maximum Gasteiger partial charge on any atom is 0.233 e. The van der Waals surface area contributed by atoms with Gasteiger partial charge in [-0.2, -0.15) is 0 Å². The first-order valence-corrected chi connectivity index (χ1v) is 10.6. The number of hydrogen-bond acceptors (Lipinski definition) is 9. The van der Waals surface area contributed by atoms with Crippen LogP contribution in [0.3, 0.4) is 0 Å². The Labute approximate surface area is 174 Å². The number of carbonyl (C=O) groups excluding carboxylic acids is 1. The highest BCUT2D eigenvalue weighted by molar-refractivity contribution is 5.96. The van der Waals surface area contributed by atoms with Crippen molar-refractivity contribution < 1.29 is 13.9 Å². The zero-order valence-corrected chi connectivity index (χ0v) is 16.8. The van der Waals surface area contributed by atoms with E-state index in [0.717, 1.165) is 45.1 Å². The fourth-order valence-corrected chi connectivity index (χ4v) is 4.92. The van der Waals surface area contributed by atoms with Gasteiger partial charge in [0.25, 0.3) is 0 Å². The van der Waals surface area contributed by atoms with Gasteiger partial charge >= 0.3 is 0 Å². The summed E-state index contributed by atoms with van der Waals surface area (Å²) >= 11 is 0. The van der Waals surface area contributed by atoms with Crippen molar-refractivity contribution >= 4 is 17.3 Å². The van der Waals surface area contributed by atoms with E-state index < -0.39 is 18.3 Å². The van der Waals surface area contributed by atoms with Crippen LogP contribution in [0.5, 0.6) is 0 Å². The molecule has 4 saturated heterocycles. The standard InChI is InChI=1S/C19H29FN8O2/c20-12-7-23-18-16(17(21)25-28(18)9-12)19(29)24-14-8-22-2-1-15(14)27-4-3-26-5-6-30-11-13(26)10-27/h1-2,8,12-13,16-18,23,25H,3-7,9-11,21H2,(H,24,29)/t12?,13-,16?,17?,18?/m1/s1. The van der Waals surface area contributed by atoms with Gasteiger partial charge in [-0.05, 0) is 6.07 Å². The van der Waals surface area contributed by atoms with Gasteiger partial charge in [0.1, 0.15) is 6.17 Å². The van der Waals surface area contributed by atoms with Crippen molar-refractivity contribution in [2.75, 3.05) is 62.7 Å². The Morgan fingerprint density at radius 2 is 2.23 bits per heavy atom. The molecular weight excluding hydrogens is 391 g/mol. The number of amides is 1. The van der Waals surface area contributed by atoms with E-state index in [2.05, 4.69) is 30.8 Å². The molecule has 10 nitrogen and oxygen atoms in total. The molecule has 11 heteroatoms. The van der Waals surface area contributed by atoms with Crippen molar-refractivity contribution in [3.05, 3.63) is 18.5 Å². The number of morpholine rings is 1. The Morgan fingerprint density at radius 3 is 3.13 bits per heavy atom. The third kappa shape index (κ3) is 3.77. The second-order valence-electron chi connectivity index (χ2n) is 8.38. The summed E-state index contributed by atoms with van der Waals surface area (Å²) in [6.07, 6.45) is 1.50. The molecule has 5 atom stereocenters. The van der Waals surface area contributed by atoms with Crippen molar-refractivity contribution in [2.45, 2.75) is 24.5 Å². The zero-order chi connectivity index (χ0) is 20.7. The third-order valence-electron chi connectivity index (χ3n) is 6.46. The number of alkyl halides is 1. The molecule has 164 valence electrons. The van der Waals surface area contributed by atoms with E-state index in [0.29, 0.717) is 11.7 Å². The largest absolute Gasteiger partial charge is 0.378 e. The zero-order valence-electron chi connectivity index (χ0n) is 16.8. The lowest BCUT2D eigenvalue weighted by Gasteiger charge is -2.44. The SMILES string of the molecule is NC1NN2CC(F)CNC2C1C(=O)Nc1cnccc1N1CCN2CCOC[C@H]2C1. The van der Waals surface area contributed by atoms with Gasteiger partial charge in [-0.1, -0.05) is 0 Å². The van der Waals surface area contributed by atoms with Crippen LogP contribution in [0.15, 0.2) is 18.5 Å². The average molecular weight is 420 g/mol. The molecule has 1 amide bonds. The molecule has 0 bridgehead atoms. The fourth-order valence-electron chi connectivity index (χ4n) is 4.92. The minimum Gasteiger partial charge on any atom is -0.378 e. The molecule has 30 heavy (non-hydrogen) atoms. The molecule has 4 fully saturated rings. The maximum absolute atomic E-state index is 13.7. The predicted octanol–water partition coefficient (Wildman–Crippen LogP) is -1.47. The number of piperazine rings is 1. The number of nitrogens with one attached hydrogen (secondary N) is 3. The van der Waals surface area contributed by atoms with Gasteiger partial charge in [-0.25, -0.2) is 14.8 Å². The Balaban J connectivity index is 1.30. The minimum atomic E-state index is -0.991. The molecule has 0 saturated carbocycles. The van der Waals surface area contributed by atoms with E-state index in [-0.39, 0.29) is 25.2 Å². The van der Waals surface area contributed by atoms with Crippen LogP contribution >= 0.6 is 0 Å². The Kier molecular flexibility index (Phi) is 5.56. The normalized spacial score (nSPS) is 35.0. The van der Waals surface area contributed by atoms with Crippen LogP contribution in [-0.4, -0.2) is 97.8 Å². The van der Waals surface area contributed by atoms with Gasteiger partial charge in [0.2, 0.25) is 5.91 Å². The molecule has 4 unspecified atom stereocenters. The molecule has 0 aliphatic carbocycles. The molecule has 1 aromatic rings. The first-order valence-electron chi connectivity index (χ1n) is 10.6. The van der Waals surface area contributed by atoms with Crippen LogP contribution in [0.4, 0.5) is 15.8 Å². The topological polar surface area (TPSA) is 111 Å². The Bertz CT molecular complexity index is 785. The van der Waals surface area contributed by atoms with Gasteiger partial charge < -0.3 is 20.7 Å². The number of pyridine rings is 1. The summed E-state index contributed by atoms with van der Waals surface area (Å²) in [6, 6.07) is 2.28. The third-order valence-corrected chi connectivity index (χ3v) is 6.46. The van der Waals surface area contributed by atoms with Gasteiger partial charge in [-0.15, -0.1) is 0 Å². The second kappa shape index (κ2) is 8.33. The molecule has 0 radical (unpaired) electrons. The quantitative estimate of drug-likeness (QED) is 0.466. The number of nitrogens with two attached hydrogens (primary N) is 1. The lowest BCUT2D eigenvalue weighted by molar-refractivity contribution is -0.121. The van der Waals surface area contributed by atoms with Crippen molar-refractivity contribution in [1.82, 2.24) is 25.6 Å². The summed E-state index contributed by atoms with van der Waals surface area (Å²) in [5, 5.41) is 7.81. The molecule has 4 aliphatic rings. The second-order valence-corrected chi connectivity index (χ2v) is 8.38. The van der Waals surface area contributed by atoms with Crippen molar-refractivity contribution in [1.29, 1.82) is 0 Å². The van der Waals surface area contributed by atoms with Crippen LogP contribution in [0.1, 0.15) is 0 Å². The van der Waals surface area contributed by atoms with E-state index >= 15 is 0 Å². The van der Waals surface area contributed by atoms with E-state index in [1.54, 1.807) is 17.4 Å². The monoisotopic (exact) mass is 420 g/mol. The lowest BCUT2D eigenvalue weighted by Crippen LogP contribution is -2.58. The molecule has 0 aromatic carbocycles. The number of aromatic nitrogens is 1. The van der Waals surface area contributed by atoms with Crippen LogP contribution in [-0.2, 0) is 9.53 Å². The highest BCUT2D eigenvalue weighted by Gasteiger charge is 2.47. The van der Waals surface area contributed by atoms with E-state index in [4.69, 9.17) is 10.5 Å². The smallest absolute Gasteiger partial charge is 0.233 e. The number of halogens is 1. The number of nitrogens with zero attached hydrogens (tertiary/aromatic N) is 4. The summed E-state index contributed by atoms with van der Waals surface area (Å²) < 4.78 is 19.3.